The Balaban J connectivity index is 4.64. The minimum atomic E-state index is -1.30. The molecule has 0 aromatic heterocycles. The lowest BCUT2D eigenvalue weighted by Gasteiger charge is -2.28. The average Bonchev–Trinajstić information content (AvgIpc) is 1.99. The molecule has 0 spiro atoms. The number of aliphatic carboxylic acids is 1. The number of likely N-dealkylation sites (N-methyl/N-ethyl adjacent to an activating group) is 1. The molecule has 0 bridgehead atoms. The van der Waals surface area contributed by atoms with Crippen LogP contribution in [0.3, 0.4) is 0 Å². The lowest BCUT2D eigenvalue weighted by molar-refractivity contribution is -0.873. The van der Waals surface area contributed by atoms with Gasteiger partial charge in [-0.25, -0.2) is 0 Å². The van der Waals surface area contributed by atoms with E-state index in [-0.39, 0.29) is 13.0 Å². The molecular weight excluding hydrogens is 198 g/mol. The fraction of sp³-hybridized carbons (Fsp3) is 0.800. The highest BCUT2D eigenvalue weighted by molar-refractivity contribution is 5.98. The second-order valence-electron chi connectivity index (χ2n) is 4.68. The molecule has 0 amide bonds. The van der Waals surface area contributed by atoms with Crippen molar-refractivity contribution in [2.24, 2.45) is 5.92 Å². The number of nitrogens with zero attached hydrogens (tertiary/aromatic N) is 1. The van der Waals surface area contributed by atoms with E-state index < -0.39 is 23.8 Å². The number of hydrogen-bond donors (Lipinski definition) is 2. The van der Waals surface area contributed by atoms with E-state index in [2.05, 4.69) is 0 Å². The Bertz CT molecular complexity index is 244. The van der Waals surface area contributed by atoms with E-state index in [1.54, 1.807) is 6.92 Å². The molecule has 0 unspecified atom stereocenters. The van der Waals surface area contributed by atoms with Crippen molar-refractivity contribution >= 4 is 11.8 Å². The molecule has 15 heavy (non-hydrogen) atoms. The average molecular weight is 218 g/mol. The summed E-state index contributed by atoms with van der Waals surface area (Å²) in [5, 5.41) is 18.6. The van der Waals surface area contributed by atoms with E-state index in [1.165, 1.54) is 0 Å². The predicted molar refractivity (Wildman–Crippen MR) is 55.3 cm³/mol. The summed E-state index contributed by atoms with van der Waals surface area (Å²) in [4.78, 5) is 22.2. The summed E-state index contributed by atoms with van der Waals surface area (Å²) >= 11 is 0. The highest BCUT2D eigenvalue weighted by atomic mass is 16.4. The van der Waals surface area contributed by atoms with Gasteiger partial charge in [-0.3, -0.25) is 9.59 Å². The number of aliphatic hydroxyl groups excluding tert-OH is 1. The van der Waals surface area contributed by atoms with Gasteiger partial charge in [0, 0.05) is 6.42 Å². The molecule has 0 radical (unpaired) electrons. The Labute approximate surface area is 89.9 Å². The van der Waals surface area contributed by atoms with Gasteiger partial charge >= 0.3 is 5.97 Å². The normalized spacial score (nSPS) is 15.8. The maximum absolute atomic E-state index is 11.3. The molecule has 5 nitrogen and oxygen atoms in total. The van der Waals surface area contributed by atoms with Crippen molar-refractivity contribution in [3.8, 4) is 0 Å². The summed E-state index contributed by atoms with van der Waals surface area (Å²) < 4.78 is 0.419. The molecule has 0 aromatic carbocycles. The van der Waals surface area contributed by atoms with Crippen LogP contribution in [-0.4, -0.2) is 60.2 Å². The third kappa shape index (κ3) is 4.90. The summed E-state index contributed by atoms with van der Waals surface area (Å²) in [6.45, 7) is 1.83. The van der Waals surface area contributed by atoms with Crippen LogP contribution in [-0.2, 0) is 9.59 Å². The Morgan fingerprint density at radius 2 is 1.73 bits per heavy atom. The van der Waals surface area contributed by atoms with Gasteiger partial charge in [-0.05, 0) is 0 Å². The Hall–Kier alpha value is -0.940. The Morgan fingerprint density at radius 3 is 2.00 bits per heavy atom. The molecular formula is C10H20NO4+. The number of hydrogen-bond acceptors (Lipinski definition) is 3. The molecule has 0 saturated heterocycles. The molecule has 0 aromatic rings. The van der Waals surface area contributed by atoms with Crippen molar-refractivity contribution < 1.29 is 24.3 Å². The first-order valence-corrected chi connectivity index (χ1v) is 4.93. The molecule has 0 fully saturated rings. The van der Waals surface area contributed by atoms with E-state index in [9.17, 15) is 14.7 Å². The van der Waals surface area contributed by atoms with E-state index in [4.69, 9.17) is 5.11 Å². The molecule has 2 atom stereocenters. The summed E-state index contributed by atoms with van der Waals surface area (Å²) in [5.41, 5.74) is 0. The Kier molecular flexibility index (Phi) is 4.90. The highest BCUT2D eigenvalue weighted by Crippen LogP contribution is 2.11. The number of carbonyl (C=O) groups excluding carboxylic acids is 1. The molecule has 0 heterocycles. The predicted octanol–water partition coefficient (Wildman–Crippen LogP) is -0.267. The smallest absolute Gasteiger partial charge is 0.316 e. The monoisotopic (exact) mass is 218 g/mol. The quantitative estimate of drug-likeness (QED) is 0.475. The molecule has 0 saturated carbocycles. The minimum absolute atomic E-state index is 0.130. The van der Waals surface area contributed by atoms with Gasteiger partial charge < -0.3 is 14.7 Å². The van der Waals surface area contributed by atoms with E-state index in [0.717, 1.165) is 0 Å². The fourth-order valence-corrected chi connectivity index (χ4v) is 1.40. The van der Waals surface area contributed by atoms with Crippen LogP contribution >= 0.6 is 0 Å². The first-order chi connectivity index (χ1) is 6.69. The van der Waals surface area contributed by atoms with Crippen LogP contribution in [0.2, 0.25) is 0 Å². The zero-order valence-electron chi connectivity index (χ0n) is 9.73. The second-order valence-corrected chi connectivity index (χ2v) is 4.68. The standard InChI is InChI=1S/C10H19NO4/c1-5-7(12)9(10(14)15)8(13)6-11(2,3)4/h8-9,13H,5-6H2,1-4H3/p+1/t8-,9-/m0/s1. The van der Waals surface area contributed by atoms with Crippen molar-refractivity contribution in [2.75, 3.05) is 27.7 Å². The maximum atomic E-state index is 11.3. The number of carboxylic acids is 1. The SMILES string of the molecule is CCC(=O)[C@H](C(=O)O)[C@@H](O)C[N+](C)(C)C. The largest absolute Gasteiger partial charge is 0.481 e. The number of rotatable bonds is 6. The molecule has 0 aliphatic rings. The molecule has 2 N–H and O–H groups in total. The zero-order chi connectivity index (χ0) is 12.2. The van der Waals surface area contributed by atoms with Crippen LogP contribution in [0.25, 0.3) is 0 Å². The molecule has 88 valence electrons. The number of ketones is 1. The van der Waals surface area contributed by atoms with Gasteiger partial charge in [-0.1, -0.05) is 6.92 Å². The molecule has 0 rings (SSSR count). The third-order valence-corrected chi connectivity index (χ3v) is 2.08. The van der Waals surface area contributed by atoms with Crippen molar-refractivity contribution in [3.63, 3.8) is 0 Å². The van der Waals surface area contributed by atoms with Crippen LogP contribution in [0.15, 0.2) is 0 Å². The lowest BCUT2D eigenvalue weighted by Crippen LogP contribution is -2.47. The van der Waals surface area contributed by atoms with Crippen LogP contribution in [0, 0.1) is 5.92 Å². The molecule has 0 aliphatic heterocycles. The minimum Gasteiger partial charge on any atom is -0.481 e. The van der Waals surface area contributed by atoms with E-state index >= 15 is 0 Å². The molecule has 0 aliphatic carbocycles. The number of quaternary nitrogens is 1. The van der Waals surface area contributed by atoms with Crippen LogP contribution in [0.5, 0.6) is 0 Å². The van der Waals surface area contributed by atoms with E-state index in [0.29, 0.717) is 4.48 Å². The number of carboxylic acid groups (broad SMARTS) is 1. The summed E-state index contributed by atoms with van der Waals surface area (Å²) in [7, 11) is 5.50. The number of aliphatic hydroxyl groups is 1. The molecule has 5 heteroatoms. The van der Waals surface area contributed by atoms with Gasteiger partial charge in [0.05, 0.1) is 21.1 Å². The van der Waals surface area contributed by atoms with Gasteiger partial charge in [-0.2, -0.15) is 0 Å². The van der Waals surface area contributed by atoms with Crippen LogP contribution < -0.4 is 0 Å². The highest BCUT2D eigenvalue weighted by Gasteiger charge is 2.35. The van der Waals surface area contributed by atoms with Crippen molar-refractivity contribution in [1.29, 1.82) is 0 Å². The van der Waals surface area contributed by atoms with Crippen molar-refractivity contribution in [2.45, 2.75) is 19.4 Å². The number of carbonyl (C=O) groups is 2. The summed E-state index contributed by atoms with van der Waals surface area (Å²) in [6.07, 6.45) is -1.000. The number of Topliss-reactive ketones (excluding diaryl/α,β-unsaturated/α-hetero) is 1. The first-order valence-electron chi connectivity index (χ1n) is 4.93. The van der Waals surface area contributed by atoms with Crippen molar-refractivity contribution in [3.05, 3.63) is 0 Å². The summed E-state index contributed by atoms with van der Waals surface area (Å²) in [6, 6.07) is 0. The van der Waals surface area contributed by atoms with Crippen LogP contribution in [0.1, 0.15) is 13.3 Å². The van der Waals surface area contributed by atoms with Crippen LogP contribution in [0.4, 0.5) is 0 Å². The second kappa shape index (κ2) is 5.23. The maximum Gasteiger partial charge on any atom is 0.316 e. The van der Waals surface area contributed by atoms with Crippen molar-refractivity contribution in [1.82, 2.24) is 0 Å². The van der Waals surface area contributed by atoms with Gasteiger partial charge in [0.25, 0.3) is 0 Å². The van der Waals surface area contributed by atoms with Gasteiger partial charge in [-0.15, -0.1) is 0 Å². The third-order valence-electron chi connectivity index (χ3n) is 2.08. The Morgan fingerprint density at radius 1 is 1.27 bits per heavy atom. The van der Waals surface area contributed by atoms with Gasteiger partial charge in [0.2, 0.25) is 0 Å². The summed E-state index contributed by atoms with van der Waals surface area (Å²) in [5.74, 6) is -2.97. The zero-order valence-corrected chi connectivity index (χ0v) is 9.73. The van der Waals surface area contributed by atoms with Gasteiger partial charge in [0.1, 0.15) is 24.3 Å². The first kappa shape index (κ1) is 14.1. The fourth-order valence-electron chi connectivity index (χ4n) is 1.40. The topological polar surface area (TPSA) is 74.6 Å². The lowest BCUT2D eigenvalue weighted by atomic mass is 9.95. The van der Waals surface area contributed by atoms with Gasteiger partial charge in [0.15, 0.2) is 0 Å². The van der Waals surface area contributed by atoms with E-state index in [1.807, 2.05) is 21.1 Å².